The van der Waals surface area contributed by atoms with Gasteiger partial charge in [-0.15, -0.1) is 0 Å². The molecule has 2 rings (SSSR count). The molecule has 7 heteroatoms. The summed E-state index contributed by atoms with van der Waals surface area (Å²) in [6.07, 6.45) is 2.02. The van der Waals surface area contributed by atoms with Crippen molar-refractivity contribution in [2.45, 2.75) is 12.5 Å². The van der Waals surface area contributed by atoms with Crippen LogP contribution in [0.25, 0.3) is 0 Å². The van der Waals surface area contributed by atoms with Crippen LogP contribution in [0.4, 0.5) is 0 Å². The molecule has 1 fully saturated rings. The van der Waals surface area contributed by atoms with Crippen molar-refractivity contribution in [3.63, 3.8) is 0 Å². The van der Waals surface area contributed by atoms with Crippen molar-refractivity contribution in [2.24, 2.45) is 0 Å². The summed E-state index contributed by atoms with van der Waals surface area (Å²) in [6.45, 7) is 0.350. The first-order chi connectivity index (χ1) is 7.09. The number of carbonyl (C=O) groups is 1. The molecule has 1 aromatic rings. The Morgan fingerprint density at radius 3 is 2.93 bits per heavy atom. The second-order valence-corrected chi connectivity index (χ2v) is 4.38. The van der Waals surface area contributed by atoms with Crippen LogP contribution in [0.1, 0.15) is 12.5 Å². The van der Waals surface area contributed by atoms with Crippen LogP contribution in [0.3, 0.4) is 0 Å². The number of carbonyl (C=O) groups excluding carboxylic acids is 1. The second kappa shape index (κ2) is 3.90. The zero-order valence-electron chi connectivity index (χ0n) is 7.53. The van der Waals surface area contributed by atoms with Gasteiger partial charge in [-0.25, -0.2) is 9.59 Å². The van der Waals surface area contributed by atoms with E-state index in [0.717, 1.165) is 0 Å². The van der Waals surface area contributed by atoms with Crippen LogP contribution < -0.4 is 5.69 Å². The van der Waals surface area contributed by atoms with Gasteiger partial charge in [0, 0.05) is 12.6 Å². The Morgan fingerprint density at radius 2 is 2.33 bits per heavy atom. The van der Waals surface area contributed by atoms with Gasteiger partial charge in [-0.05, 0) is 15.9 Å². The first kappa shape index (κ1) is 10.6. The van der Waals surface area contributed by atoms with Gasteiger partial charge in [0.05, 0.1) is 11.1 Å². The summed E-state index contributed by atoms with van der Waals surface area (Å²) in [6, 6.07) is -0.541. The molecule has 1 unspecified atom stereocenters. The largest absolute Gasteiger partial charge is 0.464 e. The molecule has 1 N–H and O–H groups in total. The molecule has 80 valence electrons. The van der Waals surface area contributed by atoms with Crippen LogP contribution in [0.15, 0.2) is 15.5 Å². The summed E-state index contributed by atoms with van der Waals surface area (Å²) in [5, 5.41) is 0. The van der Waals surface area contributed by atoms with Crippen LogP contribution >= 0.6 is 28.1 Å². The molecule has 1 aromatic heterocycles. The van der Waals surface area contributed by atoms with Crippen molar-refractivity contribution < 1.29 is 9.53 Å². The number of nitrogens with zero attached hydrogens (tertiary/aromatic N) is 1. The van der Waals surface area contributed by atoms with Gasteiger partial charge >= 0.3 is 11.7 Å². The minimum absolute atomic E-state index is 0.322. The smallest absolute Gasteiger partial charge is 0.329 e. The van der Waals surface area contributed by atoms with Crippen molar-refractivity contribution in [1.82, 2.24) is 9.55 Å². The van der Waals surface area contributed by atoms with Gasteiger partial charge < -0.3 is 4.74 Å². The van der Waals surface area contributed by atoms with Crippen molar-refractivity contribution in [3.05, 3.63) is 25.8 Å². The maximum Gasteiger partial charge on any atom is 0.329 e. The van der Waals surface area contributed by atoms with E-state index in [-0.39, 0.29) is 5.97 Å². The number of aromatic nitrogens is 2. The molecule has 15 heavy (non-hydrogen) atoms. The topological polar surface area (TPSA) is 64.1 Å². The summed E-state index contributed by atoms with van der Waals surface area (Å²) in [4.78, 5) is 25.3. The number of halogens is 1. The van der Waals surface area contributed by atoms with E-state index in [4.69, 9.17) is 17.0 Å². The van der Waals surface area contributed by atoms with Gasteiger partial charge in [-0.1, -0.05) is 12.2 Å². The van der Waals surface area contributed by atoms with Crippen LogP contribution in [0.2, 0.25) is 0 Å². The molecular weight excluding hydrogens is 284 g/mol. The zero-order chi connectivity index (χ0) is 11.0. The second-order valence-electron chi connectivity index (χ2n) is 3.12. The number of nitrogens with one attached hydrogen (secondary N) is 1. The van der Waals surface area contributed by atoms with Crippen LogP contribution in [0.5, 0.6) is 0 Å². The van der Waals surface area contributed by atoms with Gasteiger partial charge in [0.25, 0.3) is 0 Å². The molecule has 0 spiro atoms. The quantitative estimate of drug-likeness (QED) is 0.623. The molecule has 1 aliphatic heterocycles. The summed E-state index contributed by atoms with van der Waals surface area (Å²) in [5.74, 6) is -0.380. The molecule has 0 amide bonds. The highest BCUT2D eigenvalue weighted by Crippen LogP contribution is 2.19. The average Bonchev–Trinajstić information content (AvgIpc) is 2.58. The third kappa shape index (κ3) is 1.89. The monoisotopic (exact) mass is 290 g/mol. The SMILES string of the molecule is O=C1OCCC1n1cc(Br)c(=S)[nH]c1=O. The molecule has 0 bridgehead atoms. The van der Waals surface area contributed by atoms with E-state index in [2.05, 4.69) is 20.9 Å². The first-order valence-corrected chi connectivity index (χ1v) is 5.47. The summed E-state index contributed by atoms with van der Waals surface area (Å²) in [7, 11) is 0. The minimum atomic E-state index is -0.541. The molecule has 5 nitrogen and oxygen atoms in total. The van der Waals surface area contributed by atoms with E-state index in [1.165, 1.54) is 10.8 Å². The number of H-pyrrole nitrogens is 1. The Morgan fingerprint density at radius 1 is 1.60 bits per heavy atom. The highest BCUT2D eigenvalue weighted by Gasteiger charge is 2.29. The fourth-order valence-corrected chi connectivity index (χ4v) is 1.89. The van der Waals surface area contributed by atoms with E-state index < -0.39 is 11.7 Å². The van der Waals surface area contributed by atoms with Gasteiger partial charge in [-0.3, -0.25) is 9.55 Å². The number of hydrogen-bond acceptors (Lipinski definition) is 4. The summed E-state index contributed by atoms with van der Waals surface area (Å²) < 4.78 is 6.99. The lowest BCUT2D eigenvalue weighted by Crippen LogP contribution is -2.29. The molecule has 1 aliphatic rings. The third-order valence-corrected chi connectivity index (χ3v) is 3.35. The fraction of sp³-hybridized carbons (Fsp3) is 0.375. The van der Waals surface area contributed by atoms with Crippen molar-refractivity contribution >= 4 is 34.1 Å². The highest BCUT2D eigenvalue weighted by atomic mass is 79.9. The predicted octanol–water partition coefficient (Wildman–Crippen LogP) is 1.16. The summed E-state index contributed by atoms with van der Waals surface area (Å²) >= 11 is 8.07. The Hall–Kier alpha value is -0.950. The maximum atomic E-state index is 11.5. The molecule has 0 radical (unpaired) electrons. The van der Waals surface area contributed by atoms with Crippen molar-refractivity contribution in [2.75, 3.05) is 6.61 Å². The number of rotatable bonds is 1. The fourth-order valence-electron chi connectivity index (χ4n) is 1.43. The Bertz CT molecular complexity index is 521. The average molecular weight is 291 g/mol. The summed E-state index contributed by atoms with van der Waals surface area (Å²) in [5.41, 5.74) is -0.396. The van der Waals surface area contributed by atoms with E-state index >= 15 is 0 Å². The van der Waals surface area contributed by atoms with E-state index in [0.29, 0.717) is 22.1 Å². The van der Waals surface area contributed by atoms with Gasteiger partial charge in [0.15, 0.2) is 0 Å². The lowest BCUT2D eigenvalue weighted by Gasteiger charge is -2.09. The normalized spacial score (nSPS) is 20.3. The first-order valence-electron chi connectivity index (χ1n) is 4.27. The Labute approximate surface area is 98.2 Å². The minimum Gasteiger partial charge on any atom is -0.464 e. The Balaban J connectivity index is 2.53. The number of cyclic esters (lactones) is 1. The molecular formula is C8H7BrN2O3S. The van der Waals surface area contributed by atoms with Gasteiger partial charge in [0.1, 0.15) is 10.7 Å². The molecule has 2 heterocycles. The number of hydrogen-bond donors (Lipinski definition) is 1. The van der Waals surface area contributed by atoms with Crippen molar-refractivity contribution in [3.8, 4) is 0 Å². The molecule has 1 saturated heterocycles. The van der Waals surface area contributed by atoms with E-state index in [1.54, 1.807) is 0 Å². The molecule has 0 aliphatic carbocycles. The lowest BCUT2D eigenvalue weighted by molar-refractivity contribution is -0.140. The maximum absolute atomic E-state index is 11.5. The highest BCUT2D eigenvalue weighted by molar-refractivity contribution is 9.10. The predicted molar refractivity (Wildman–Crippen MR) is 58.2 cm³/mol. The Kier molecular flexibility index (Phi) is 2.74. The van der Waals surface area contributed by atoms with Crippen LogP contribution in [-0.4, -0.2) is 22.1 Å². The standard InChI is InChI=1S/C8H7BrN2O3S/c9-4-3-11(8(13)10-6(4)15)5-1-2-14-7(5)12/h3,5H,1-2H2,(H,10,13,15). The van der Waals surface area contributed by atoms with E-state index in [9.17, 15) is 9.59 Å². The molecule has 0 aromatic carbocycles. The van der Waals surface area contributed by atoms with Crippen molar-refractivity contribution in [1.29, 1.82) is 0 Å². The number of esters is 1. The van der Waals surface area contributed by atoms with Gasteiger partial charge in [-0.2, -0.15) is 0 Å². The molecule has 0 saturated carbocycles. The van der Waals surface area contributed by atoms with E-state index in [1.807, 2.05) is 0 Å². The van der Waals surface area contributed by atoms with Crippen LogP contribution in [0, 0.1) is 4.64 Å². The third-order valence-electron chi connectivity index (χ3n) is 2.17. The lowest BCUT2D eigenvalue weighted by atomic mass is 10.2. The molecule has 1 atom stereocenters. The number of aromatic amines is 1. The van der Waals surface area contributed by atoms with Crippen LogP contribution in [-0.2, 0) is 9.53 Å². The number of ether oxygens (including phenoxy) is 1. The zero-order valence-corrected chi connectivity index (χ0v) is 9.93. The van der Waals surface area contributed by atoms with Gasteiger partial charge in [0.2, 0.25) is 0 Å².